The molecule has 0 spiro atoms. The molecular formula is C22H24Cl2N4O5. The number of hydrogen-bond acceptors (Lipinski definition) is 6. The lowest BCUT2D eigenvalue weighted by Crippen LogP contribution is -2.38. The first kappa shape index (κ1) is 26.0. The van der Waals surface area contributed by atoms with E-state index in [2.05, 4.69) is 21.2 Å². The van der Waals surface area contributed by atoms with Crippen LogP contribution >= 0.6 is 23.2 Å². The van der Waals surface area contributed by atoms with Gasteiger partial charge in [0.1, 0.15) is 0 Å². The molecule has 9 nitrogen and oxygen atoms in total. The molecule has 3 amide bonds. The lowest BCUT2D eigenvalue weighted by atomic mass is 10.2. The largest absolute Gasteiger partial charge is 0.490 e. The minimum Gasteiger partial charge on any atom is -0.490 e. The van der Waals surface area contributed by atoms with Crippen molar-refractivity contribution in [3.8, 4) is 11.5 Å². The van der Waals surface area contributed by atoms with Crippen molar-refractivity contribution in [3.63, 3.8) is 0 Å². The highest BCUT2D eigenvalue weighted by molar-refractivity contribution is 6.42. The molecule has 0 aliphatic heterocycles. The summed E-state index contributed by atoms with van der Waals surface area (Å²) < 4.78 is 11.1. The van der Waals surface area contributed by atoms with Crippen LogP contribution in [-0.2, 0) is 14.4 Å². The van der Waals surface area contributed by atoms with Crippen LogP contribution in [0.1, 0.15) is 25.8 Å². The maximum atomic E-state index is 12.2. The summed E-state index contributed by atoms with van der Waals surface area (Å²) in [7, 11) is 0. The van der Waals surface area contributed by atoms with Crippen LogP contribution < -0.4 is 25.5 Å². The number of amides is 3. The molecule has 0 bridgehead atoms. The van der Waals surface area contributed by atoms with Gasteiger partial charge in [-0.3, -0.25) is 14.4 Å². The summed E-state index contributed by atoms with van der Waals surface area (Å²) in [6.45, 7) is 4.18. The predicted octanol–water partition coefficient (Wildman–Crippen LogP) is 3.39. The Morgan fingerprint density at radius 2 is 1.76 bits per heavy atom. The molecule has 0 aliphatic carbocycles. The molecule has 0 heterocycles. The van der Waals surface area contributed by atoms with Crippen molar-refractivity contribution in [2.24, 2.45) is 5.10 Å². The lowest BCUT2D eigenvalue weighted by Gasteiger charge is -2.13. The van der Waals surface area contributed by atoms with Gasteiger partial charge in [-0.2, -0.15) is 5.10 Å². The summed E-state index contributed by atoms with van der Waals surface area (Å²) >= 11 is 11.8. The molecule has 2 aromatic carbocycles. The zero-order chi connectivity index (χ0) is 24.2. The Hall–Kier alpha value is -3.30. The van der Waals surface area contributed by atoms with Gasteiger partial charge in [0, 0.05) is 12.2 Å². The van der Waals surface area contributed by atoms with Gasteiger partial charge in [0.05, 0.1) is 22.9 Å². The van der Waals surface area contributed by atoms with E-state index >= 15 is 0 Å². The molecule has 11 heteroatoms. The number of nitrogens with zero attached hydrogens (tertiary/aromatic N) is 1. The number of ether oxygens (including phenoxy) is 2. The van der Waals surface area contributed by atoms with E-state index in [4.69, 9.17) is 32.7 Å². The number of benzene rings is 2. The Morgan fingerprint density at radius 1 is 0.970 bits per heavy atom. The minimum absolute atomic E-state index is 0.267. The fourth-order valence-corrected chi connectivity index (χ4v) is 2.74. The number of carbonyl (C=O) groups is 3. The van der Waals surface area contributed by atoms with Crippen molar-refractivity contribution in [2.45, 2.75) is 20.3 Å². The topological polar surface area (TPSA) is 118 Å². The highest BCUT2D eigenvalue weighted by Gasteiger charge is 2.12. The van der Waals surface area contributed by atoms with Crippen LogP contribution in [0.2, 0.25) is 10.0 Å². The van der Waals surface area contributed by atoms with Gasteiger partial charge in [-0.15, -0.1) is 0 Å². The van der Waals surface area contributed by atoms with E-state index in [0.717, 1.165) is 0 Å². The Morgan fingerprint density at radius 3 is 2.45 bits per heavy atom. The zero-order valence-electron chi connectivity index (χ0n) is 18.1. The number of hydrogen-bond donors (Lipinski definition) is 3. The fraction of sp³-hybridized carbons (Fsp3) is 0.273. The summed E-state index contributed by atoms with van der Waals surface area (Å²) in [6.07, 6.45) is 2.07. The van der Waals surface area contributed by atoms with Gasteiger partial charge in [-0.05, 0) is 55.3 Å². The van der Waals surface area contributed by atoms with Crippen LogP contribution in [0.25, 0.3) is 0 Å². The van der Waals surface area contributed by atoms with Crippen LogP contribution in [0.15, 0.2) is 41.5 Å². The van der Waals surface area contributed by atoms with Crippen molar-refractivity contribution in [2.75, 3.05) is 25.1 Å². The molecule has 0 saturated heterocycles. The molecule has 3 N–H and O–H groups in total. The van der Waals surface area contributed by atoms with E-state index in [9.17, 15) is 14.4 Å². The van der Waals surface area contributed by atoms with Gasteiger partial charge >= 0.3 is 11.8 Å². The summed E-state index contributed by atoms with van der Waals surface area (Å²) in [5.41, 5.74) is 3.22. The number of carbonyl (C=O) groups excluding carboxylic acids is 3. The Labute approximate surface area is 201 Å². The molecule has 0 aliphatic rings. The standard InChI is InChI=1S/C22H24Cl2N4O5/c1-3-9-25-21(30)22(31)28-26-12-14-5-8-18(19(10-14)32-4-2)33-13-20(29)27-15-6-7-16(23)17(24)11-15/h5-8,10-12H,3-4,9,13H2,1-2H3,(H,25,30)(H,27,29)(H,28,31)/b26-12-. The fourth-order valence-electron chi connectivity index (χ4n) is 2.44. The Kier molecular flexibility index (Phi) is 10.5. The average Bonchev–Trinajstić information content (AvgIpc) is 2.79. The molecule has 0 atom stereocenters. The molecule has 0 fully saturated rings. The van der Waals surface area contributed by atoms with Crippen LogP contribution in [0, 0.1) is 0 Å². The molecule has 2 rings (SSSR count). The Bertz CT molecular complexity index is 1030. The van der Waals surface area contributed by atoms with Crippen molar-refractivity contribution < 1.29 is 23.9 Å². The molecule has 33 heavy (non-hydrogen) atoms. The van der Waals surface area contributed by atoms with Gasteiger partial charge in [-0.25, -0.2) is 5.43 Å². The molecule has 0 unspecified atom stereocenters. The SMILES string of the molecule is CCCNC(=O)C(=O)N/N=C\c1ccc(OCC(=O)Nc2ccc(Cl)c(Cl)c2)c(OCC)c1. The molecule has 0 saturated carbocycles. The smallest absolute Gasteiger partial charge is 0.329 e. The van der Waals surface area contributed by atoms with E-state index in [0.29, 0.717) is 52.4 Å². The number of anilines is 1. The van der Waals surface area contributed by atoms with Gasteiger partial charge in [0.2, 0.25) is 0 Å². The monoisotopic (exact) mass is 494 g/mol. The Balaban J connectivity index is 1.96. The first-order valence-electron chi connectivity index (χ1n) is 10.1. The lowest BCUT2D eigenvalue weighted by molar-refractivity contribution is -0.139. The van der Waals surface area contributed by atoms with E-state index in [1.807, 2.05) is 6.92 Å². The minimum atomic E-state index is -0.863. The number of nitrogens with one attached hydrogen (secondary N) is 3. The van der Waals surface area contributed by atoms with Crippen LogP contribution in [0.3, 0.4) is 0 Å². The second kappa shape index (κ2) is 13.3. The third-order valence-corrected chi connectivity index (χ3v) is 4.69. The maximum absolute atomic E-state index is 12.2. The van der Waals surface area contributed by atoms with Crippen LogP contribution in [0.5, 0.6) is 11.5 Å². The summed E-state index contributed by atoms with van der Waals surface area (Å²) in [4.78, 5) is 35.4. The second-order valence-electron chi connectivity index (χ2n) is 6.56. The quantitative estimate of drug-likeness (QED) is 0.265. The van der Waals surface area contributed by atoms with Crippen LogP contribution in [0.4, 0.5) is 5.69 Å². The highest BCUT2D eigenvalue weighted by Crippen LogP contribution is 2.28. The first-order valence-corrected chi connectivity index (χ1v) is 10.8. The summed E-state index contributed by atoms with van der Waals surface area (Å²) in [6, 6.07) is 9.62. The van der Waals surface area contributed by atoms with Gasteiger partial charge in [-0.1, -0.05) is 30.1 Å². The van der Waals surface area contributed by atoms with Crippen molar-refractivity contribution in [3.05, 3.63) is 52.0 Å². The number of rotatable bonds is 10. The first-order chi connectivity index (χ1) is 15.8. The van der Waals surface area contributed by atoms with E-state index in [1.54, 1.807) is 37.3 Å². The van der Waals surface area contributed by atoms with E-state index in [1.165, 1.54) is 12.3 Å². The van der Waals surface area contributed by atoms with Gasteiger partial charge in [0.25, 0.3) is 5.91 Å². The van der Waals surface area contributed by atoms with Gasteiger partial charge < -0.3 is 20.1 Å². The molecule has 0 aromatic heterocycles. The van der Waals surface area contributed by atoms with E-state index in [-0.39, 0.29) is 6.61 Å². The van der Waals surface area contributed by atoms with Crippen molar-refractivity contribution in [1.82, 2.24) is 10.7 Å². The number of hydrazone groups is 1. The summed E-state index contributed by atoms with van der Waals surface area (Å²) in [5, 5.41) is 9.59. The van der Waals surface area contributed by atoms with Crippen molar-refractivity contribution >= 4 is 52.8 Å². The third-order valence-electron chi connectivity index (χ3n) is 3.95. The predicted molar refractivity (Wildman–Crippen MR) is 127 cm³/mol. The zero-order valence-corrected chi connectivity index (χ0v) is 19.6. The third kappa shape index (κ3) is 8.63. The van der Waals surface area contributed by atoms with Gasteiger partial charge in [0.15, 0.2) is 18.1 Å². The normalized spacial score (nSPS) is 10.5. The van der Waals surface area contributed by atoms with E-state index < -0.39 is 17.7 Å². The molecule has 176 valence electrons. The molecule has 0 radical (unpaired) electrons. The highest BCUT2D eigenvalue weighted by atomic mass is 35.5. The molecule has 2 aromatic rings. The summed E-state index contributed by atoms with van der Waals surface area (Å²) in [5.74, 6) is -1.29. The van der Waals surface area contributed by atoms with Crippen LogP contribution in [-0.4, -0.2) is 43.7 Å². The molecular weight excluding hydrogens is 471 g/mol. The number of halogens is 2. The average molecular weight is 495 g/mol. The van der Waals surface area contributed by atoms with Crippen molar-refractivity contribution in [1.29, 1.82) is 0 Å². The maximum Gasteiger partial charge on any atom is 0.329 e. The second-order valence-corrected chi connectivity index (χ2v) is 7.37.